The van der Waals surface area contributed by atoms with Gasteiger partial charge in [-0.1, -0.05) is 28.2 Å². The van der Waals surface area contributed by atoms with Gasteiger partial charge in [0.25, 0.3) is 0 Å². The molecule has 2 heterocycles. The van der Waals surface area contributed by atoms with Crippen LogP contribution in [0.4, 0.5) is 13.2 Å². The van der Waals surface area contributed by atoms with E-state index in [9.17, 15) is 13.2 Å². The average molecular weight is 319 g/mol. The van der Waals surface area contributed by atoms with Crippen molar-refractivity contribution >= 4 is 34.2 Å². The maximum absolute atomic E-state index is 13.1. The number of para-hydroxylation sites is 2. The van der Waals surface area contributed by atoms with Crippen molar-refractivity contribution in [1.82, 2.24) is 19.1 Å². The van der Waals surface area contributed by atoms with E-state index in [1.54, 1.807) is 18.2 Å². The number of imidazole rings is 1. The van der Waals surface area contributed by atoms with Crippen LogP contribution in [0.1, 0.15) is 11.5 Å². The topological polar surface area (TPSA) is 43.6 Å². The third kappa shape index (κ3) is 2.25. The molecule has 0 aliphatic rings. The van der Waals surface area contributed by atoms with Gasteiger partial charge in [0.15, 0.2) is 0 Å². The van der Waals surface area contributed by atoms with Gasteiger partial charge in [0.2, 0.25) is 5.82 Å². The SMILES string of the molecule is FC(F)(F)c1nc2ccccc2n1Cc1nnsc1Cl. The molecule has 0 spiro atoms. The van der Waals surface area contributed by atoms with Crippen molar-refractivity contribution in [2.75, 3.05) is 0 Å². The lowest BCUT2D eigenvalue weighted by Crippen LogP contribution is -2.15. The second kappa shape index (κ2) is 4.71. The van der Waals surface area contributed by atoms with Gasteiger partial charge in [-0.05, 0) is 12.1 Å². The third-order valence-corrected chi connectivity index (χ3v) is 3.71. The van der Waals surface area contributed by atoms with Crippen molar-refractivity contribution in [2.45, 2.75) is 12.7 Å². The molecule has 0 radical (unpaired) electrons. The van der Waals surface area contributed by atoms with Crippen LogP contribution in [0, 0.1) is 0 Å². The van der Waals surface area contributed by atoms with Crippen LogP contribution >= 0.6 is 23.1 Å². The van der Waals surface area contributed by atoms with Crippen LogP contribution in [-0.4, -0.2) is 19.1 Å². The van der Waals surface area contributed by atoms with Crippen LogP contribution in [0.25, 0.3) is 11.0 Å². The van der Waals surface area contributed by atoms with E-state index >= 15 is 0 Å². The average Bonchev–Trinajstić information content (AvgIpc) is 2.95. The lowest BCUT2D eigenvalue weighted by atomic mass is 10.3. The van der Waals surface area contributed by atoms with Gasteiger partial charge in [-0.2, -0.15) is 13.2 Å². The lowest BCUT2D eigenvalue weighted by molar-refractivity contribution is -0.146. The number of benzene rings is 1. The molecule has 0 aliphatic carbocycles. The van der Waals surface area contributed by atoms with E-state index in [1.165, 1.54) is 6.07 Å². The molecule has 104 valence electrons. The van der Waals surface area contributed by atoms with Crippen LogP contribution in [0.5, 0.6) is 0 Å². The Kier molecular flexibility index (Phi) is 3.14. The molecular formula is C11H6ClF3N4S. The number of alkyl halides is 3. The molecule has 1 aromatic carbocycles. The minimum absolute atomic E-state index is 0.120. The van der Waals surface area contributed by atoms with E-state index in [2.05, 4.69) is 14.6 Å². The fourth-order valence-corrected chi connectivity index (χ4v) is 2.51. The molecule has 3 rings (SSSR count). The van der Waals surface area contributed by atoms with Crippen molar-refractivity contribution in [2.24, 2.45) is 0 Å². The molecule has 0 fully saturated rings. The standard InChI is InChI=1S/C11H6ClF3N4S/c12-9-7(17-18-20-9)5-19-8-4-2-1-3-6(8)16-10(19)11(13,14)15/h1-4H,5H2. The number of aromatic nitrogens is 4. The predicted octanol–water partition coefficient (Wildman–Crippen LogP) is 3.61. The fraction of sp³-hybridized carbons (Fsp3) is 0.182. The highest BCUT2D eigenvalue weighted by molar-refractivity contribution is 7.10. The minimum atomic E-state index is -4.55. The number of hydrogen-bond donors (Lipinski definition) is 0. The number of hydrogen-bond acceptors (Lipinski definition) is 4. The summed E-state index contributed by atoms with van der Waals surface area (Å²) in [4.78, 5) is 3.64. The quantitative estimate of drug-likeness (QED) is 0.725. The van der Waals surface area contributed by atoms with Gasteiger partial charge in [-0.25, -0.2) is 4.98 Å². The maximum atomic E-state index is 13.1. The van der Waals surface area contributed by atoms with Gasteiger partial charge in [0, 0.05) is 11.5 Å². The van der Waals surface area contributed by atoms with Gasteiger partial charge in [0.1, 0.15) is 10.0 Å². The van der Waals surface area contributed by atoms with Gasteiger partial charge in [-0.3, -0.25) is 0 Å². The van der Waals surface area contributed by atoms with Crippen LogP contribution in [0.3, 0.4) is 0 Å². The zero-order chi connectivity index (χ0) is 14.3. The molecule has 9 heteroatoms. The van der Waals surface area contributed by atoms with Crippen molar-refractivity contribution in [3.63, 3.8) is 0 Å². The molecule has 3 aromatic rings. The van der Waals surface area contributed by atoms with Crippen LogP contribution in [0.15, 0.2) is 24.3 Å². The molecule has 20 heavy (non-hydrogen) atoms. The van der Waals surface area contributed by atoms with E-state index in [1.807, 2.05) is 0 Å². The summed E-state index contributed by atoms with van der Waals surface area (Å²) in [5.74, 6) is -0.970. The minimum Gasteiger partial charge on any atom is -0.314 e. The van der Waals surface area contributed by atoms with E-state index < -0.39 is 12.0 Å². The smallest absolute Gasteiger partial charge is 0.314 e. The first-order chi connectivity index (χ1) is 9.47. The monoisotopic (exact) mass is 318 g/mol. The second-order valence-corrected chi connectivity index (χ2v) is 5.36. The second-order valence-electron chi connectivity index (χ2n) is 4.00. The van der Waals surface area contributed by atoms with Crippen LogP contribution < -0.4 is 0 Å². The third-order valence-electron chi connectivity index (χ3n) is 2.73. The molecule has 0 unspecified atom stereocenters. The summed E-state index contributed by atoms with van der Waals surface area (Å²) in [6.45, 7) is -0.120. The molecule has 0 bridgehead atoms. The Balaban J connectivity index is 2.19. The molecule has 2 aromatic heterocycles. The van der Waals surface area contributed by atoms with E-state index in [0.717, 1.165) is 16.1 Å². The summed E-state index contributed by atoms with van der Waals surface area (Å²) in [5.41, 5.74) is 0.952. The van der Waals surface area contributed by atoms with Crippen molar-refractivity contribution in [3.05, 3.63) is 40.1 Å². The van der Waals surface area contributed by atoms with Crippen molar-refractivity contribution in [1.29, 1.82) is 0 Å². The van der Waals surface area contributed by atoms with Crippen molar-refractivity contribution < 1.29 is 13.2 Å². The zero-order valence-electron chi connectivity index (χ0n) is 9.73. The first-order valence-corrected chi connectivity index (χ1v) is 6.61. The molecule has 0 saturated carbocycles. The summed E-state index contributed by atoms with van der Waals surface area (Å²) < 4.78 is 44.1. The van der Waals surface area contributed by atoms with Gasteiger partial charge < -0.3 is 4.57 Å². The highest BCUT2D eigenvalue weighted by Crippen LogP contribution is 2.32. The Bertz CT molecular complexity index is 764. The summed E-state index contributed by atoms with van der Waals surface area (Å²) in [5, 5.41) is 3.74. The summed E-state index contributed by atoms with van der Waals surface area (Å²) in [7, 11) is 0. The number of fused-ring (bicyclic) bond motifs is 1. The molecule has 0 aliphatic heterocycles. The lowest BCUT2D eigenvalue weighted by Gasteiger charge is -2.09. The normalized spacial score (nSPS) is 12.2. The van der Waals surface area contributed by atoms with Crippen LogP contribution in [-0.2, 0) is 12.7 Å². The molecule has 0 atom stereocenters. The first kappa shape index (κ1) is 13.3. The largest absolute Gasteiger partial charge is 0.449 e. The maximum Gasteiger partial charge on any atom is 0.449 e. The Labute approximate surface area is 120 Å². The predicted molar refractivity (Wildman–Crippen MR) is 68.8 cm³/mol. The Morgan fingerprint density at radius 2 is 2.00 bits per heavy atom. The highest BCUT2D eigenvalue weighted by atomic mass is 35.5. The Morgan fingerprint density at radius 1 is 1.25 bits per heavy atom. The van der Waals surface area contributed by atoms with Crippen LogP contribution in [0.2, 0.25) is 4.34 Å². The molecule has 4 nitrogen and oxygen atoms in total. The Hall–Kier alpha value is -1.67. The summed E-state index contributed by atoms with van der Waals surface area (Å²) >= 11 is 6.79. The number of halogens is 4. The summed E-state index contributed by atoms with van der Waals surface area (Å²) in [6, 6.07) is 6.39. The molecule has 0 saturated heterocycles. The molecular weight excluding hydrogens is 313 g/mol. The molecule has 0 N–H and O–H groups in total. The highest BCUT2D eigenvalue weighted by Gasteiger charge is 2.37. The van der Waals surface area contributed by atoms with Crippen molar-refractivity contribution in [3.8, 4) is 0 Å². The number of rotatable bonds is 2. The summed E-state index contributed by atoms with van der Waals surface area (Å²) in [6.07, 6.45) is -4.55. The van der Waals surface area contributed by atoms with Gasteiger partial charge in [0.05, 0.1) is 17.6 Å². The zero-order valence-corrected chi connectivity index (χ0v) is 11.3. The fourth-order valence-electron chi connectivity index (χ4n) is 1.89. The van der Waals surface area contributed by atoms with E-state index in [4.69, 9.17) is 11.6 Å². The van der Waals surface area contributed by atoms with Gasteiger partial charge in [-0.15, -0.1) is 5.10 Å². The van der Waals surface area contributed by atoms with E-state index in [-0.39, 0.29) is 16.4 Å². The number of nitrogens with zero attached hydrogens (tertiary/aromatic N) is 4. The molecule has 0 amide bonds. The van der Waals surface area contributed by atoms with E-state index in [0.29, 0.717) is 11.2 Å². The first-order valence-electron chi connectivity index (χ1n) is 5.46. The Morgan fingerprint density at radius 3 is 2.65 bits per heavy atom. The van der Waals surface area contributed by atoms with Gasteiger partial charge >= 0.3 is 6.18 Å².